The average molecular weight is 653 g/mol. The Balaban J connectivity index is 1.45. The number of aryl methyl sites for hydroxylation is 1. The van der Waals surface area contributed by atoms with Gasteiger partial charge in [0.1, 0.15) is 18.1 Å². The third-order valence-electron chi connectivity index (χ3n) is 9.15. The first kappa shape index (κ1) is 34.2. The zero-order valence-corrected chi connectivity index (χ0v) is 28.2. The Morgan fingerprint density at radius 3 is 2.50 bits per heavy atom. The van der Waals surface area contributed by atoms with Crippen molar-refractivity contribution in [2.75, 3.05) is 52.0 Å². The maximum absolute atomic E-state index is 14.2. The average Bonchev–Trinajstić information content (AvgIpc) is 3.07. The van der Waals surface area contributed by atoms with Gasteiger partial charge in [-0.2, -0.15) is 4.31 Å². The molecular weight excluding hydrogens is 604 g/mol. The molecule has 1 unspecified atom stereocenters. The number of benzene rings is 3. The molecule has 1 saturated heterocycles. The van der Waals surface area contributed by atoms with Crippen LogP contribution >= 0.6 is 0 Å². The lowest BCUT2D eigenvalue weighted by Crippen LogP contribution is -2.53. The molecule has 1 fully saturated rings. The van der Waals surface area contributed by atoms with Crippen LogP contribution < -0.4 is 14.4 Å². The number of rotatable bonds is 14. The lowest BCUT2D eigenvalue weighted by Gasteiger charge is -2.44. The number of methoxy groups -OCH3 is 2. The topological polar surface area (TPSA) is 97.8 Å². The van der Waals surface area contributed by atoms with Crippen LogP contribution in [0.2, 0.25) is 0 Å². The van der Waals surface area contributed by atoms with Gasteiger partial charge in [0.15, 0.2) is 0 Å². The highest BCUT2D eigenvalue weighted by molar-refractivity contribution is 7.89. The summed E-state index contributed by atoms with van der Waals surface area (Å²) in [6, 6.07) is 20.6. The van der Waals surface area contributed by atoms with Gasteiger partial charge in [0.05, 0.1) is 43.1 Å². The molecule has 250 valence electrons. The molecule has 1 N–H and O–H groups in total. The van der Waals surface area contributed by atoms with E-state index in [9.17, 15) is 13.5 Å². The van der Waals surface area contributed by atoms with Gasteiger partial charge in [-0.1, -0.05) is 42.8 Å². The number of hydrogen-bond acceptors (Lipinski definition) is 8. The highest BCUT2D eigenvalue weighted by atomic mass is 32.2. The predicted octanol–water partition coefficient (Wildman–Crippen LogP) is 5.53. The summed E-state index contributed by atoms with van der Waals surface area (Å²) in [5.41, 5.74) is 4.07. The van der Waals surface area contributed by atoms with Gasteiger partial charge in [-0.15, -0.1) is 0 Å². The van der Waals surface area contributed by atoms with Crippen LogP contribution in [0, 0.1) is 6.92 Å². The number of hydrogen-bond donors (Lipinski definition) is 1. The van der Waals surface area contributed by atoms with E-state index in [1.165, 1.54) is 0 Å². The molecule has 9 nitrogen and oxygen atoms in total. The zero-order chi connectivity index (χ0) is 32.7. The first-order chi connectivity index (χ1) is 22.2. The normalized spacial score (nSPS) is 21.0. The van der Waals surface area contributed by atoms with Crippen LogP contribution in [-0.4, -0.2) is 83.1 Å². The Morgan fingerprint density at radius 2 is 1.80 bits per heavy atom. The van der Waals surface area contributed by atoms with E-state index >= 15 is 0 Å². The Kier molecular flexibility index (Phi) is 11.6. The first-order valence-electron chi connectivity index (χ1n) is 16.2. The van der Waals surface area contributed by atoms with E-state index in [2.05, 4.69) is 11.0 Å². The van der Waals surface area contributed by atoms with Crippen molar-refractivity contribution in [1.82, 2.24) is 4.31 Å². The van der Waals surface area contributed by atoms with Gasteiger partial charge in [-0.3, -0.25) is 0 Å². The summed E-state index contributed by atoms with van der Waals surface area (Å²) in [4.78, 5) is 2.57. The summed E-state index contributed by atoms with van der Waals surface area (Å²) in [6.45, 7) is 7.35. The van der Waals surface area contributed by atoms with Crippen molar-refractivity contribution in [3.8, 4) is 11.5 Å². The summed E-state index contributed by atoms with van der Waals surface area (Å²) in [5, 5.41) is 10.7. The van der Waals surface area contributed by atoms with Crippen LogP contribution in [0.5, 0.6) is 11.5 Å². The molecule has 2 heterocycles. The van der Waals surface area contributed by atoms with E-state index in [-0.39, 0.29) is 17.4 Å². The zero-order valence-electron chi connectivity index (χ0n) is 27.4. The quantitative estimate of drug-likeness (QED) is 0.227. The van der Waals surface area contributed by atoms with E-state index in [1.807, 2.05) is 62.4 Å². The van der Waals surface area contributed by atoms with Crippen LogP contribution in [-0.2, 0) is 26.1 Å². The molecule has 2 aliphatic heterocycles. The fraction of sp³-hybridized carbons (Fsp3) is 0.500. The standard InChI is InChI=1S/C36H48N2O7S/c1-5-30(39)22-29-23-33(28-10-12-31(43-4)13-11-28)36(24-38(29)46(40,41)32-14-7-26(2)8-15-32)45-25-27-9-16-35-34(21-27)37(18-20-44-35)17-6-19-42-3/h7-16,21,29-30,33,36,39H,5-6,17-20,22-25H2,1-4H3/t29-,30?,33+,36-/m0/s1. The van der Waals surface area contributed by atoms with E-state index in [4.69, 9.17) is 18.9 Å². The Bertz CT molecular complexity index is 1510. The molecule has 0 radical (unpaired) electrons. The second-order valence-corrected chi connectivity index (χ2v) is 14.2. The molecule has 5 rings (SSSR count). The fourth-order valence-electron chi connectivity index (χ4n) is 6.46. The van der Waals surface area contributed by atoms with Crippen molar-refractivity contribution in [3.63, 3.8) is 0 Å². The number of piperidine rings is 1. The van der Waals surface area contributed by atoms with E-state index < -0.39 is 28.3 Å². The molecule has 0 spiro atoms. The van der Waals surface area contributed by atoms with Crippen LogP contribution in [0.3, 0.4) is 0 Å². The molecule has 0 saturated carbocycles. The van der Waals surface area contributed by atoms with Gasteiger partial charge in [-0.05, 0) is 80.1 Å². The first-order valence-corrected chi connectivity index (χ1v) is 17.7. The van der Waals surface area contributed by atoms with Crippen molar-refractivity contribution < 1.29 is 32.5 Å². The highest BCUT2D eigenvalue weighted by Gasteiger charge is 2.43. The number of sulfonamides is 1. The minimum Gasteiger partial charge on any atom is -0.497 e. The van der Waals surface area contributed by atoms with Crippen molar-refractivity contribution in [1.29, 1.82) is 0 Å². The van der Waals surface area contributed by atoms with Crippen molar-refractivity contribution >= 4 is 15.7 Å². The van der Waals surface area contributed by atoms with E-state index in [1.54, 1.807) is 30.7 Å². The molecule has 10 heteroatoms. The maximum Gasteiger partial charge on any atom is 0.243 e. The maximum atomic E-state index is 14.2. The second-order valence-electron chi connectivity index (χ2n) is 12.3. The van der Waals surface area contributed by atoms with E-state index in [0.717, 1.165) is 53.4 Å². The second kappa shape index (κ2) is 15.6. The molecule has 46 heavy (non-hydrogen) atoms. The minimum atomic E-state index is -3.86. The third kappa shape index (κ3) is 8.04. The molecule has 4 atom stereocenters. The van der Waals surface area contributed by atoms with Crippen molar-refractivity contribution in [2.45, 2.75) is 75.2 Å². The Hall–Kier alpha value is -3.15. The smallest absolute Gasteiger partial charge is 0.243 e. The number of aliphatic hydroxyl groups excluding tert-OH is 1. The molecule has 0 amide bonds. The minimum absolute atomic E-state index is 0.0871. The van der Waals surface area contributed by atoms with Gasteiger partial charge in [0, 0.05) is 38.8 Å². The van der Waals surface area contributed by atoms with Gasteiger partial charge < -0.3 is 29.0 Å². The van der Waals surface area contributed by atoms with Gasteiger partial charge in [-0.25, -0.2) is 8.42 Å². The number of fused-ring (bicyclic) bond motifs is 1. The molecule has 3 aromatic rings. The lowest BCUT2D eigenvalue weighted by atomic mass is 9.82. The highest BCUT2D eigenvalue weighted by Crippen LogP contribution is 2.40. The van der Waals surface area contributed by atoms with Gasteiger partial charge in [0.25, 0.3) is 0 Å². The largest absolute Gasteiger partial charge is 0.497 e. The number of ether oxygens (including phenoxy) is 4. The van der Waals surface area contributed by atoms with Crippen LogP contribution in [0.1, 0.15) is 55.2 Å². The molecule has 3 aromatic carbocycles. The molecule has 0 aromatic heterocycles. The third-order valence-corrected chi connectivity index (χ3v) is 11.1. The summed E-state index contributed by atoms with van der Waals surface area (Å²) in [6.07, 6.45) is 1.30. The van der Waals surface area contributed by atoms with Gasteiger partial charge >= 0.3 is 0 Å². The van der Waals surface area contributed by atoms with Crippen LogP contribution in [0.4, 0.5) is 5.69 Å². The van der Waals surface area contributed by atoms with Crippen molar-refractivity contribution in [3.05, 3.63) is 83.4 Å². The molecular formula is C36H48N2O7S. The summed E-state index contributed by atoms with van der Waals surface area (Å²) < 4.78 is 53.2. The van der Waals surface area contributed by atoms with Crippen LogP contribution in [0.25, 0.3) is 0 Å². The predicted molar refractivity (Wildman–Crippen MR) is 179 cm³/mol. The summed E-state index contributed by atoms with van der Waals surface area (Å²) >= 11 is 0. The Labute approximate surface area is 274 Å². The molecule has 0 bridgehead atoms. The SMILES string of the molecule is CCC(O)C[C@H]1C[C@H](c2ccc(OC)cc2)[C@@H](OCc2ccc3c(c2)N(CCCOC)CCO3)CN1S(=O)(=O)c1ccc(C)cc1. The Morgan fingerprint density at radius 1 is 1.04 bits per heavy atom. The van der Waals surface area contributed by atoms with Crippen LogP contribution in [0.15, 0.2) is 71.6 Å². The van der Waals surface area contributed by atoms with E-state index in [0.29, 0.717) is 39.1 Å². The monoisotopic (exact) mass is 652 g/mol. The van der Waals surface area contributed by atoms with Crippen molar-refractivity contribution in [2.24, 2.45) is 0 Å². The fourth-order valence-corrected chi connectivity index (χ4v) is 8.12. The summed E-state index contributed by atoms with van der Waals surface area (Å²) in [5.74, 6) is 1.52. The molecule has 0 aliphatic carbocycles. The summed E-state index contributed by atoms with van der Waals surface area (Å²) in [7, 11) is -0.500. The number of anilines is 1. The molecule has 2 aliphatic rings. The van der Waals surface area contributed by atoms with Gasteiger partial charge in [0.2, 0.25) is 10.0 Å². The number of aliphatic hydroxyl groups is 1. The lowest BCUT2D eigenvalue weighted by molar-refractivity contribution is -0.0263. The number of nitrogens with zero attached hydrogens (tertiary/aromatic N) is 2.